The molecule has 0 atom stereocenters. The van der Waals surface area contributed by atoms with E-state index in [9.17, 15) is 13.2 Å². The Bertz CT molecular complexity index is 580. The Morgan fingerprint density at radius 3 is 2.05 bits per heavy atom. The molecule has 2 aromatic rings. The van der Waals surface area contributed by atoms with E-state index < -0.39 is 6.36 Å². The summed E-state index contributed by atoms with van der Waals surface area (Å²) in [6, 6.07) is 13.1. The predicted molar refractivity (Wildman–Crippen MR) is 78.1 cm³/mol. The second-order valence-corrected chi connectivity index (χ2v) is 4.54. The van der Waals surface area contributed by atoms with Crippen LogP contribution in [0.5, 0.6) is 11.5 Å². The van der Waals surface area contributed by atoms with Crippen molar-refractivity contribution in [1.82, 2.24) is 0 Å². The minimum absolute atomic E-state index is 0.244. The van der Waals surface area contributed by atoms with Crippen molar-refractivity contribution < 1.29 is 22.6 Å². The predicted octanol–water partition coefficient (Wildman–Crippen LogP) is 4.60. The summed E-state index contributed by atoms with van der Waals surface area (Å²) in [5.41, 5.74) is 1.76. The van der Waals surface area contributed by atoms with Crippen molar-refractivity contribution >= 4 is 5.69 Å². The molecule has 0 aliphatic rings. The largest absolute Gasteiger partial charge is 0.573 e. The highest BCUT2D eigenvalue weighted by molar-refractivity contribution is 5.46. The van der Waals surface area contributed by atoms with E-state index in [2.05, 4.69) is 10.1 Å². The fourth-order valence-electron chi connectivity index (χ4n) is 1.83. The van der Waals surface area contributed by atoms with Crippen molar-refractivity contribution in [3.8, 4) is 11.5 Å². The molecule has 1 N–H and O–H groups in total. The molecule has 6 heteroatoms. The zero-order chi connectivity index (χ0) is 16.0. The monoisotopic (exact) mass is 311 g/mol. The Morgan fingerprint density at radius 1 is 0.909 bits per heavy atom. The summed E-state index contributed by atoms with van der Waals surface area (Å²) >= 11 is 0. The van der Waals surface area contributed by atoms with Gasteiger partial charge in [0.05, 0.1) is 0 Å². The maximum atomic E-state index is 12.0. The Balaban J connectivity index is 1.88. The van der Waals surface area contributed by atoms with E-state index >= 15 is 0 Å². The van der Waals surface area contributed by atoms with Crippen LogP contribution in [-0.2, 0) is 6.61 Å². The highest BCUT2D eigenvalue weighted by atomic mass is 19.4. The first-order valence-corrected chi connectivity index (χ1v) is 6.77. The lowest BCUT2D eigenvalue weighted by Gasteiger charge is -2.10. The Morgan fingerprint density at radius 2 is 1.50 bits per heavy atom. The SMILES string of the molecule is CCNc1ccc(OCc2ccc(OC(F)(F)F)cc2)cc1. The minimum Gasteiger partial charge on any atom is -0.489 e. The molecule has 0 aromatic heterocycles. The first-order chi connectivity index (χ1) is 10.5. The lowest BCUT2D eigenvalue weighted by atomic mass is 10.2. The highest BCUT2D eigenvalue weighted by Crippen LogP contribution is 2.23. The van der Waals surface area contributed by atoms with Crippen molar-refractivity contribution in [2.75, 3.05) is 11.9 Å². The number of hydrogen-bond donors (Lipinski definition) is 1. The van der Waals surface area contributed by atoms with E-state index in [1.807, 2.05) is 31.2 Å². The van der Waals surface area contributed by atoms with E-state index in [1.165, 1.54) is 24.3 Å². The van der Waals surface area contributed by atoms with Gasteiger partial charge in [-0.1, -0.05) is 12.1 Å². The van der Waals surface area contributed by atoms with Gasteiger partial charge in [-0.3, -0.25) is 0 Å². The van der Waals surface area contributed by atoms with E-state index in [0.717, 1.165) is 17.8 Å². The van der Waals surface area contributed by atoms with Gasteiger partial charge in [-0.2, -0.15) is 0 Å². The average Bonchev–Trinajstić information content (AvgIpc) is 2.47. The number of rotatable bonds is 6. The van der Waals surface area contributed by atoms with E-state index in [0.29, 0.717) is 5.75 Å². The van der Waals surface area contributed by atoms with Crippen LogP contribution in [0, 0.1) is 0 Å². The van der Waals surface area contributed by atoms with Crippen LogP contribution in [-0.4, -0.2) is 12.9 Å². The maximum Gasteiger partial charge on any atom is 0.573 e. The molecule has 0 fully saturated rings. The van der Waals surface area contributed by atoms with Crippen LogP contribution in [0.4, 0.5) is 18.9 Å². The molecule has 0 saturated heterocycles. The van der Waals surface area contributed by atoms with E-state index in [4.69, 9.17) is 4.74 Å². The fourth-order valence-corrected chi connectivity index (χ4v) is 1.83. The van der Waals surface area contributed by atoms with Crippen molar-refractivity contribution in [3.63, 3.8) is 0 Å². The molecule has 118 valence electrons. The second-order valence-electron chi connectivity index (χ2n) is 4.54. The Labute approximate surface area is 126 Å². The molecule has 0 heterocycles. The molecule has 22 heavy (non-hydrogen) atoms. The van der Waals surface area contributed by atoms with Gasteiger partial charge in [0.15, 0.2) is 0 Å². The van der Waals surface area contributed by atoms with Crippen molar-refractivity contribution in [1.29, 1.82) is 0 Å². The summed E-state index contributed by atoms with van der Waals surface area (Å²) in [6.45, 7) is 3.12. The molecule has 2 rings (SSSR count). The first-order valence-electron chi connectivity index (χ1n) is 6.77. The van der Waals surface area contributed by atoms with Gasteiger partial charge in [-0.25, -0.2) is 0 Å². The van der Waals surface area contributed by atoms with Gasteiger partial charge >= 0.3 is 6.36 Å². The normalized spacial score (nSPS) is 11.1. The molecule has 3 nitrogen and oxygen atoms in total. The third-order valence-electron chi connectivity index (χ3n) is 2.80. The third kappa shape index (κ3) is 5.20. The lowest BCUT2D eigenvalue weighted by Crippen LogP contribution is -2.17. The molecule has 0 spiro atoms. The number of hydrogen-bond acceptors (Lipinski definition) is 3. The van der Waals surface area contributed by atoms with Gasteiger partial charge in [0.2, 0.25) is 0 Å². The van der Waals surface area contributed by atoms with Gasteiger partial charge in [0.25, 0.3) is 0 Å². The van der Waals surface area contributed by atoms with E-state index in [-0.39, 0.29) is 12.4 Å². The topological polar surface area (TPSA) is 30.5 Å². The Kier molecular flexibility index (Phi) is 5.14. The molecule has 0 bridgehead atoms. The lowest BCUT2D eigenvalue weighted by molar-refractivity contribution is -0.274. The standard InChI is InChI=1S/C16H16F3NO2/c1-2-20-13-5-9-14(10-6-13)21-11-12-3-7-15(8-4-12)22-16(17,18)19/h3-10,20H,2,11H2,1H3. The summed E-state index contributed by atoms with van der Waals surface area (Å²) in [5, 5.41) is 3.17. The molecular formula is C16H16F3NO2. The third-order valence-corrected chi connectivity index (χ3v) is 2.80. The van der Waals surface area contributed by atoms with Crippen molar-refractivity contribution in [3.05, 3.63) is 54.1 Å². The summed E-state index contributed by atoms with van der Waals surface area (Å²) < 4.78 is 45.5. The fraction of sp³-hybridized carbons (Fsp3) is 0.250. The summed E-state index contributed by atoms with van der Waals surface area (Å²) in [6.07, 6.45) is -4.67. The number of benzene rings is 2. The zero-order valence-electron chi connectivity index (χ0n) is 12.0. The van der Waals surface area contributed by atoms with Gasteiger partial charge < -0.3 is 14.8 Å². The number of ether oxygens (including phenoxy) is 2. The molecule has 2 aromatic carbocycles. The van der Waals surface area contributed by atoms with Crippen LogP contribution in [0.15, 0.2) is 48.5 Å². The van der Waals surface area contributed by atoms with Crippen LogP contribution < -0.4 is 14.8 Å². The van der Waals surface area contributed by atoms with Crippen LogP contribution in [0.1, 0.15) is 12.5 Å². The van der Waals surface area contributed by atoms with Crippen LogP contribution >= 0.6 is 0 Å². The molecule has 0 radical (unpaired) electrons. The van der Waals surface area contributed by atoms with Crippen LogP contribution in [0.25, 0.3) is 0 Å². The van der Waals surface area contributed by atoms with Crippen LogP contribution in [0.3, 0.4) is 0 Å². The molecule has 0 aliphatic heterocycles. The van der Waals surface area contributed by atoms with Gasteiger partial charge in [-0.05, 0) is 48.9 Å². The summed E-state index contributed by atoms with van der Waals surface area (Å²) in [5.74, 6) is 0.448. The number of nitrogens with one attached hydrogen (secondary N) is 1. The van der Waals surface area contributed by atoms with Crippen molar-refractivity contribution in [2.45, 2.75) is 19.9 Å². The highest BCUT2D eigenvalue weighted by Gasteiger charge is 2.30. The van der Waals surface area contributed by atoms with Crippen molar-refractivity contribution in [2.24, 2.45) is 0 Å². The van der Waals surface area contributed by atoms with Crippen LogP contribution in [0.2, 0.25) is 0 Å². The smallest absolute Gasteiger partial charge is 0.489 e. The average molecular weight is 311 g/mol. The second kappa shape index (κ2) is 7.06. The van der Waals surface area contributed by atoms with Gasteiger partial charge in [0.1, 0.15) is 18.1 Å². The molecule has 0 amide bonds. The Hall–Kier alpha value is -2.37. The number of alkyl halides is 3. The number of halogens is 3. The van der Waals surface area contributed by atoms with E-state index in [1.54, 1.807) is 0 Å². The molecular weight excluding hydrogens is 295 g/mol. The number of anilines is 1. The summed E-state index contributed by atoms with van der Waals surface area (Å²) in [7, 11) is 0. The molecule has 0 saturated carbocycles. The first kappa shape index (κ1) is 16.0. The maximum absolute atomic E-state index is 12.0. The molecule has 0 unspecified atom stereocenters. The van der Waals surface area contributed by atoms with Gasteiger partial charge in [-0.15, -0.1) is 13.2 Å². The summed E-state index contributed by atoms with van der Waals surface area (Å²) in [4.78, 5) is 0. The quantitative estimate of drug-likeness (QED) is 0.846. The minimum atomic E-state index is -4.67. The van der Waals surface area contributed by atoms with Gasteiger partial charge in [0, 0.05) is 12.2 Å². The molecule has 0 aliphatic carbocycles. The zero-order valence-corrected chi connectivity index (χ0v) is 12.0.